The Morgan fingerprint density at radius 2 is 1.64 bits per heavy atom. The molecule has 1 amide bonds. The van der Waals surface area contributed by atoms with E-state index in [-0.39, 0.29) is 17.7 Å². The van der Waals surface area contributed by atoms with Gasteiger partial charge in [-0.1, -0.05) is 5.10 Å². The first-order valence-electron chi connectivity index (χ1n) is 8.77. The predicted molar refractivity (Wildman–Crippen MR) is 101 cm³/mol. The Morgan fingerprint density at radius 3 is 2.36 bits per heavy atom. The van der Waals surface area contributed by atoms with Crippen molar-refractivity contribution in [3.05, 3.63) is 60.2 Å². The van der Waals surface area contributed by atoms with Crippen molar-refractivity contribution in [3.8, 4) is 0 Å². The lowest BCUT2D eigenvalue weighted by atomic mass is 10.2. The number of benzene rings is 2. The first-order valence-corrected chi connectivity index (χ1v) is 8.77. The van der Waals surface area contributed by atoms with E-state index in [2.05, 4.69) is 25.7 Å². The first-order chi connectivity index (χ1) is 13.7. The van der Waals surface area contributed by atoms with E-state index in [0.717, 1.165) is 18.8 Å². The van der Waals surface area contributed by atoms with Crippen molar-refractivity contribution in [2.45, 2.75) is 0 Å². The molecular weight excluding hydrogens is 365 g/mol. The minimum atomic E-state index is -0.515. The zero-order valence-electron chi connectivity index (χ0n) is 14.9. The average molecular weight is 383 g/mol. The van der Waals surface area contributed by atoms with Crippen molar-refractivity contribution < 1.29 is 18.3 Å². The van der Waals surface area contributed by atoms with E-state index in [9.17, 15) is 9.18 Å². The number of nitrogens with one attached hydrogen (secondary N) is 2. The number of aromatic nitrogens is 2. The fraction of sp³-hybridized carbons (Fsp3) is 0.211. The molecule has 1 saturated heterocycles. The lowest BCUT2D eigenvalue weighted by Crippen LogP contribution is -2.36. The number of anilines is 4. The van der Waals surface area contributed by atoms with E-state index in [1.54, 1.807) is 0 Å². The number of halogens is 1. The molecule has 1 aliphatic heterocycles. The average Bonchev–Trinajstić information content (AvgIpc) is 3.20. The number of carbonyl (C=O) groups is 1. The number of rotatable bonds is 5. The van der Waals surface area contributed by atoms with Gasteiger partial charge in [-0.15, -0.1) is 5.10 Å². The minimum Gasteiger partial charge on any atom is -0.399 e. The highest BCUT2D eigenvalue weighted by atomic mass is 19.1. The summed E-state index contributed by atoms with van der Waals surface area (Å²) in [4.78, 5) is 14.5. The molecular formula is C19H18FN5O3. The van der Waals surface area contributed by atoms with Crippen LogP contribution in [0.1, 0.15) is 10.7 Å². The quantitative estimate of drug-likeness (QED) is 0.699. The van der Waals surface area contributed by atoms with Gasteiger partial charge in [-0.25, -0.2) is 4.39 Å². The summed E-state index contributed by atoms with van der Waals surface area (Å²) in [6.45, 7) is 3.11. The highest BCUT2D eigenvalue weighted by molar-refractivity contribution is 6.01. The van der Waals surface area contributed by atoms with Crippen LogP contribution in [-0.2, 0) is 4.74 Å². The Kier molecular flexibility index (Phi) is 5.16. The van der Waals surface area contributed by atoms with Gasteiger partial charge in [0.1, 0.15) is 5.82 Å². The second kappa shape index (κ2) is 8.05. The monoisotopic (exact) mass is 383 g/mol. The number of ether oxygens (including phenoxy) is 1. The van der Waals surface area contributed by atoms with Gasteiger partial charge in [0.05, 0.1) is 13.2 Å². The normalized spacial score (nSPS) is 14.0. The molecule has 1 aromatic heterocycles. The zero-order chi connectivity index (χ0) is 19.3. The Balaban J connectivity index is 1.37. The summed E-state index contributed by atoms with van der Waals surface area (Å²) in [5.74, 6) is -1.04. The van der Waals surface area contributed by atoms with Crippen LogP contribution in [0.4, 0.5) is 27.5 Å². The Labute approximate surface area is 160 Å². The molecule has 0 bridgehead atoms. The zero-order valence-corrected chi connectivity index (χ0v) is 14.9. The van der Waals surface area contributed by atoms with Crippen molar-refractivity contribution in [3.63, 3.8) is 0 Å². The molecule has 0 aliphatic carbocycles. The number of hydrogen-bond acceptors (Lipinski definition) is 7. The summed E-state index contributed by atoms with van der Waals surface area (Å²) in [6.07, 6.45) is 0. The van der Waals surface area contributed by atoms with Crippen LogP contribution in [-0.4, -0.2) is 42.4 Å². The highest BCUT2D eigenvalue weighted by Gasteiger charge is 2.16. The molecule has 144 valence electrons. The molecule has 0 spiro atoms. The predicted octanol–water partition coefficient (Wildman–Crippen LogP) is 3.04. The molecule has 1 fully saturated rings. The van der Waals surface area contributed by atoms with Gasteiger partial charge in [-0.3, -0.25) is 4.79 Å². The van der Waals surface area contributed by atoms with Gasteiger partial charge in [-0.2, -0.15) is 0 Å². The van der Waals surface area contributed by atoms with Crippen LogP contribution in [0.25, 0.3) is 0 Å². The molecule has 3 aromatic rings. The van der Waals surface area contributed by atoms with Crippen LogP contribution in [0.15, 0.2) is 52.9 Å². The van der Waals surface area contributed by atoms with Crippen LogP contribution < -0.4 is 15.5 Å². The molecule has 28 heavy (non-hydrogen) atoms. The SMILES string of the molecule is O=C(Nc1ccc(N2CCOCC2)cc1)c1nnc(Nc2ccc(F)cc2)o1. The molecule has 9 heteroatoms. The number of nitrogens with zero attached hydrogens (tertiary/aromatic N) is 3. The molecule has 2 aromatic carbocycles. The van der Waals surface area contributed by atoms with Crippen molar-refractivity contribution in [1.29, 1.82) is 0 Å². The van der Waals surface area contributed by atoms with Gasteiger partial charge in [0.2, 0.25) is 0 Å². The van der Waals surface area contributed by atoms with E-state index < -0.39 is 5.91 Å². The third-order valence-corrected chi connectivity index (χ3v) is 4.22. The van der Waals surface area contributed by atoms with Gasteiger partial charge in [0.15, 0.2) is 0 Å². The lowest BCUT2D eigenvalue weighted by molar-refractivity contribution is 0.0991. The second-order valence-electron chi connectivity index (χ2n) is 6.14. The summed E-state index contributed by atoms with van der Waals surface area (Å²) in [6, 6.07) is 13.2. The number of morpholine rings is 1. The third-order valence-electron chi connectivity index (χ3n) is 4.22. The summed E-state index contributed by atoms with van der Waals surface area (Å²) < 4.78 is 23.6. The van der Waals surface area contributed by atoms with E-state index in [4.69, 9.17) is 9.15 Å². The lowest BCUT2D eigenvalue weighted by Gasteiger charge is -2.28. The standard InChI is InChI=1S/C19H18FN5O3/c20-13-1-3-15(4-2-13)22-19-24-23-18(28-19)17(26)21-14-5-7-16(8-6-14)25-9-11-27-12-10-25/h1-8H,9-12H2,(H,21,26)(H,22,24). The molecule has 1 aliphatic rings. The second-order valence-corrected chi connectivity index (χ2v) is 6.14. The largest absolute Gasteiger partial charge is 0.399 e. The molecule has 0 atom stereocenters. The van der Waals surface area contributed by atoms with E-state index in [1.165, 1.54) is 24.3 Å². The van der Waals surface area contributed by atoms with Crippen LogP contribution in [0, 0.1) is 5.82 Å². The van der Waals surface area contributed by atoms with Crippen molar-refractivity contribution >= 4 is 29.0 Å². The Morgan fingerprint density at radius 1 is 0.964 bits per heavy atom. The van der Waals surface area contributed by atoms with Gasteiger partial charge in [0.25, 0.3) is 0 Å². The fourth-order valence-corrected chi connectivity index (χ4v) is 2.78. The molecule has 0 radical (unpaired) electrons. The summed E-state index contributed by atoms with van der Waals surface area (Å²) in [7, 11) is 0. The molecule has 8 nitrogen and oxygen atoms in total. The number of amides is 1. The fourth-order valence-electron chi connectivity index (χ4n) is 2.78. The third kappa shape index (κ3) is 4.26. The van der Waals surface area contributed by atoms with Crippen molar-refractivity contribution in [1.82, 2.24) is 10.2 Å². The van der Waals surface area contributed by atoms with Gasteiger partial charge in [-0.05, 0) is 48.5 Å². The smallest absolute Gasteiger partial charge is 0.320 e. The van der Waals surface area contributed by atoms with Gasteiger partial charge in [0, 0.05) is 30.2 Å². The topological polar surface area (TPSA) is 92.5 Å². The van der Waals surface area contributed by atoms with Gasteiger partial charge >= 0.3 is 17.8 Å². The first kappa shape index (κ1) is 17.9. The maximum absolute atomic E-state index is 12.9. The van der Waals surface area contributed by atoms with Gasteiger partial charge < -0.3 is 24.7 Å². The van der Waals surface area contributed by atoms with Crippen LogP contribution in [0.3, 0.4) is 0 Å². The maximum Gasteiger partial charge on any atom is 0.320 e. The molecule has 0 unspecified atom stereocenters. The number of carbonyl (C=O) groups excluding carboxylic acids is 1. The molecule has 0 saturated carbocycles. The Bertz CT molecular complexity index is 937. The summed E-state index contributed by atoms with van der Waals surface area (Å²) in [5, 5.41) is 13.0. The number of hydrogen-bond donors (Lipinski definition) is 2. The highest BCUT2D eigenvalue weighted by Crippen LogP contribution is 2.20. The van der Waals surface area contributed by atoms with E-state index >= 15 is 0 Å². The van der Waals surface area contributed by atoms with Crippen LogP contribution in [0.2, 0.25) is 0 Å². The summed E-state index contributed by atoms with van der Waals surface area (Å²) >= 11 is 0. The van der Waals surface area contributed by atoms with E-state index in [1.807, 2.05) is 24.3 Å². The van der Waals surface area contributed by atoms with Crippen molar-refractivity contribution in [2.24, 2.45) is 0 Å². The van der Waals surface area contributed by atoms with E-state index in [0.29, 0.717) is 24.6 Å². The maximum atomic E-state index is 12.9. The minimum absolute atomic E-state index is 0.0411. The molecule has 2 N–H and O–H groups in total. The molecule has 2 heterocycles. The van der Waals surface area contributed by atoms with Crippen molar-refractivity contribution in [2.75, 3.05) is 41.8 Å². The van der Waals surface area contributed by atoms with Crippen LogP contribution in [0.5, 0.6) is 0 Å². The Hall–Kier alpha value is -3.46. The van der Waals surface area contributed by atoms with Crippen LogP contribution >= 0.6 is 0 Å². The molecule has 4 rings (SSSR count). The summed E-state index contributed by atoms with van der Waals surface area (Å²) in [5.41, 5.74) is 2.26.